The van der Waals surface area contributed by atoms with Gasteiger partial charge in [-0.1, -0.05) is 18.2 Å². The van der Waals surface area contributed by atoms with Gasteiger partial charge in [-0.05, 0) is 49.1 Å². The van der Waals surface area contributed by atoms with E-state index in [1.54, 1.807) is 24.8 Å². The smallest absolute Gasteiger partial charge is 0.258 e. The second-order valence-electron chi connectivity index (χ2n) is 6.52. The predicted molar refractivity (Wildman–Crippen MR) is 107 cm³/mol. The molecule has 27 heavy (non-hydrogen) atoms. The minimum Gasteiger partial charge on any atom is -0.344 e. The van der Waals surface area contributed by atoms with Crippen molar-refractivity contribution in [3.05, 3.63) is 77.4 Å². The molecule has 1 N–H and O–H groups in total. The summed E-state index contributed by atoms with van der Waals surface area (Å²) in [5.74, 6) is 0.381. The van der Waals surface area contributed by atoms with Gasteiger partial charge in [0.1, 0.15) is 0 Å². The van der Waals surface area contributed by atoms with Crippen molar-refractivity contribution in [1.82, 2.24) is 15.0 Å². The van der Waals surface area contributed by atoms with Crippen LogP contribution in [0.15, 0.2) is 55.1 Å². The van der Waals surface area contributed by atoms with Crippen molar-refractivity contribution >= 4 is 17.5 Å². The number of hydrogen-bond acceptors (Lipinski definition) is 5. The SMILES string of the molecule is Cc1cccc(C)c1NC(=O)c1cnc(N(C)CCc2ccncc2)nc1. The number of carbonyl (C=O) groups excluding carboxylic acids is 1. The van der Waals surface area contributed by atoms with Gasteiger partial charge in [-0.2, -0.15) is 0 Å². The van der Waals surface area contributed by atoms with Gasteiger partial charge in [0.15, 0.2) is 0 Å². The van der Waals surface area contributed by atoms with Crippen molar-refractivity contribution in [3.63, 3.8) is 0 Å². The molecule has 6 heteroatoms. The van der Waals surface area contributed by atoms with E-state index in [1.165, 1.54) is 5.56 Å². The van der Waals surface area contributed by atoms with Gasteiger partial charge >= 0.3 is 0 Å². The third kappa shape index (κ3) is 4.67. The van der Waals surface area contributed by atoms with Crippen LogP contribution < -0.4 is 10.2 Å². The Morgan fingerprint density at radius 2 is 1.67 bits per heavy atom. The molecule has 6 nitrogen and oxygen atoms in total. The third-order valence-corrected chi connectivity index (χ3v) is 4.45. The minimum atomic E-state index is -0.210. The number of pyridine rings is 1. The summed E-state index contributed by atoms with van der Waals surface area (Å²) in [7, 11) is 1.94. The zero-order valence-electron chi connectivity index (χ0n) is 15.8. The molecular formula is C21H23N5O. The third-order valence-electron chi connectivity index (χ3n) is 4.45. The van der Waals surface area contributed by atoms with Crippen molar-refractivity contribution < 1.29 is 4.79 Å². The summed E-state index contributed by atoms with van der Waals surface area (Å²) < 4.78 is 0. The summed E-state index contributed by atoms with van der Waals surface area (Å²) in [5, 5.41) is 2.95. The van der Waals surface area contributed by atoms with Crippen LogP contribution in [0, 0.1) is 13.8 Å². The number of benzene rings is 1. The lowest BCUT2D eigenvalue weighted by molar-refractivity contribution is 0.102. The number of para-hydroxylation sites is 1. The molecule has 0 saturated heterocycles. The van der Waals surface area contributed by atoms with Crippen molar-refractivity contribution in [2.75, 3.05) is 23.8 Å². The van der Waals surface area contributed by atoms with E-state index < -0.39 is 0 Å². The number of aromatic nitrogens is 3. The van der Waals surface area contributed by atoms with Gasteiger partial charge in [0.05, 0.1) is 5.56 Å². The van der Waals surface area contributed by atoms with Gasteiger partial charge in [0, 0.05) is 44.1 Å². The lowest BCUT2D eigenvalue weighted by Crippen LogP contribution is -2.23. The first kappa shape index (κ1) is 18.5. The molecule has 0 spiro atoms. The van der Waals surface area contributed by atoms with Crippen LogP contribution in [0.25, 0.3) is 0 Å². The highest BCUT2D eigenvalue weighted by atomic mass is 16.1. The molecule has 2 aromatic heterocycles. The van der Waals surface area contributed by atoms with Gasteiger partial charge in [0.2, 0.25) is 5.95 Å². The first-order valence-electron chi connectivity index (χ1n) is 8.84. The van der Waals surface area contributed by atoms with Crippen molar-refractivity contribution in [2.45, 2.75) is 20.3 Å². The van der Waals surface area contributed by atoms with Crippen molar-refractivity contribution in [3.8, 4) is 0 Å². The highest BCUT2D eigenvalue weighted by Gasteiger charge is 2.12. The number of nitrogens with one attached hydrogen (secondary N) is 1. The van der Waals surface area contributed by atoms with Crippen LogP contribution in [0.5, 0.6) is 0 Å². The molecule has 0 aliphatic carbocycles. The number of nitrogens with zero attached hydrogens (tertiary/aromatic N) is 4. The largest absolute Gasteiger partial charge is 0.344 e. The van der Waals surface area contributed by atoms with Crippen LogP contribution in [-0.2, 0) is 6.42 Å². The molecule has 2 heterocycles. The number of rotatable bonds is 6. The summed E-state index contributed by atoms with van der Waals surface area (Å²) in [6.45, 7) is 4.72. The quantitative estimate of drug-likeness (QED) is 0.728. The van der Waals surface area contributed by atoms with Crippen LogP contribution >= 0.6 is 0 Å². The Morgan fingerprint density at radius 1 is 1.04 bits per heavy atom. The maximum atomic E-state index is 12.5. The molecular weight excluding hydrogens is 338 g/mol. The van der Waals surface area contributed by atoms with Crippen LogP contribution in [0.3, 0.4) is 0 Å². The summed E-state index contributed by atoms with van der Waals surface area (Å²) in [5.41, 5.74) is 4.53. The number of likely N-dealkylation sites (N-methyl/N-ethyl adjacent to an activating group) is 1. The average molecular weight is 361 g/mol. The molecule has 0 fully saturated rings. The van der Waals surface area contributed by atoms with Gasteiger partial charge in [0.25, 0.3) is 5.91 Å². The summed E-state index contributed by atoms with van der Waals surface area (Å²) in [6, 6.07) is 9.91. The maximum absolute atomic E-state index is 12.5. The molecule has 0 radical (unpaired) electrons. The minimum absolute atomic E-state index is 0.210. The monoisotopic (exact) mass is 361 g/mol. The van der Waals surface area contributed by atoms with Crippen molar-refractivity contribution in [2.24, 2.45) is 0 Å². The van der Waals surface area contributed by atoms with E-state index in [-0.39, 0.29) is 5.91 Å². The van der Waals surface area contributed by atoms with E-state index in [4.69, 9.17) is 0 Å². The zero-order chi connectivity index (χ0) is 19.2. The molecule has 1 amide bonds. The zero-order valence-corrected chi connectivity index (χ0v) is 15.8. The fourth-order valence-corrected chi connectivity index (χ4v) is 2.78. The average Bonchev–Trinajstić information content (AvgIpc) is 2.70. The van der Waals surface area contributed by atoms with Crippen LogP contribution in [0.2, 0.25) is 0 Å². The second-order valence-corrected chi connectivity index (χ2v) is 6.52. The number of amides is 1. The molecule has 3 rings (SSSR count). The van der Waals surface area contributed by atoms with E-state index in [1.807, 2.05) is 56.1 Å². The number of hydrogen-bond donors (Lipinski definition) is 1. The Labute approximate surface area is 159 Å². The van der Waals surface area contributed by atoms with Gasteiger partial charge in [-0.25, -0.2) is 9.97 Å². The number of carbonyl (C=O) groups is 1. The maximum Gasteiger partial charge on any atom is 0.258 e. The Bertz CT molecular complexity index is 889. The van der Waals surface area contributed by atoms with Gasteiger partial charge in [-0.3, -0.25) is 9.78 Å². The lowest BCUT2D eigenvalue weighted by atomic mass is 10.1. The number of aryl methyl sites for hydroxylation is 2. The molecule has 0 atom stereocenters. The Balaban J connectivity index is 1.63. The van der Waals surface area contributed by atoms with Crippen LogP contribution in [0.1, 0.15) is 27.0 Å². The van der Waals surface area contributed by atoms with E-state index in [0.29, 0.717) is 11.5 Å². The molecule has 0 unspecified atom stereocenters. The Morgan fingerprint density at radius 3 is 2.30 bits per heavy atom. The molecule has 0 saturated carbocycles. The van der Waals surface area contributed by atoms with E-state index in [9.17, 15) is 4.79 Å². The normalized spacial score (nSPS) is 10.5. The fraction of sp³-hybridized carbons (Fsp3) is 0.238. The number of anilines is 2. The highest BCUT2D eigenvalue weighted by Crippen LogP contribution is 2.20. The molecule has 0 bridgehead atoms. The highest BCUT2D eigenvalue weighted by molar-refractivity contribution is 6.04. The first-order chi connectivity index (χ1) is 13.0. The fourth-order valence-electron chi connectivity index (χ4n) is 2.78. The summed E-state index contributed by atoms with van der Waals surface area (Å²) >= 11 is 0. The van der Waals surface area contributed by atoms with Crippen LogP contribution in [0.4, 0.5) is 11.6 Å². The first-order valence-corrected chi connectivity index (χ1v) is 8.84. The van der Waals surface area contributed by atoms with Gasteiger partial charge in [-0.15, -0.1) is 0 Å². The lowest BCUT2D eigenvalue weighted by Gasteiger charge is -2.17. The molecule has 1 aromatic carbocycles. The Kier molecular flexibility index (Phi) is 5.76. The van der Waals surface area contributed by atoms with E-state index in [0.717, 1.165) is 29.8 Å². The van der Waals surface area contributed by atoms with E-state index in [2.05, 4.69) is 20.3 Å². The summed E-state index contributed by atoms with van der Waals surface area (Å²) in [6.07, 6.45) is 7.57. The van der Waals surface area contributed by atoms with Gasteiger partial charge < -0.3 is 10.2 Å². The van der Waals surface area contributed by atoms with Crippen LogP contribution in [-0.4, -0.2) is 34.5 Å². The molecule has 3 aromatic rings. The molecule has 0 aliphatic rings. The molecule has 138 valence electrons. The Hall–Kier alpha value is -3.28. The predicted octanol–water partition coefficient (Wildman–Crippen LogP) is 3.42. The second kappa shape index (κ2) is 8.40. The topological polar surface area (TPSA) is 71.0 Å². The standard InChI is InChI=1S/C21H23N5O/c1-15-5-4-6-16(2)19(15)25-20(27)18-13-23-21(24-14-18)26(3)12-9-17-7-10-22-11-8-17/h4-8,10-11,13-14H,9,12H2,1-3H3,(H,25,27). The van der Waals surface area contributed by atoms with E-state index >= 15 is 0 Å². The van der Waals surface area contributed by atoms with Crippen molar-refractivity contribution in [1.29, 1.82) is 0 Å². The summed E-state index contributed by atoms with van der Waals surface area (Å²) in [4.78, 5) is 27.2. The molecule has 0 aliphatic heterocycles.